The van der Waals surface area contributed by atoms with Gasteiger partial charge in [0, 0.05) is 0 Å². The smallest absolute Gasteiger partial charge is 0.310 e. The second-order valence-electron chi connectivity index (χ2n) is 9.28. The van der Waals surface area contributed by atoms with Crippen LogP contribution >= 0.6 is 0 Å². The number of hydrogen-bond donors (Lipinski definition) is 4. The molecule has 0 saturated carbocycles. The molecule has 0 aromatic heterocycles. The Kier molecular flexibility index (Phi) is 20.3. The monoisotopic (exact) mass is 458 g/mol. The molecule has 0 aromatic rings. The first kappa shape index (κ1) is 34.0. The fourth-order valence-corrected chi connectivity index (χ4v) is 2.45. The second-order valence-corrected chi connectivity index (χ2v) is 9.28. The van der Waals surface area contributed by atoms with Crippen LogP contribution in [-0.2, 0) is 19.2 Å². The van der Waals surface area contributed by atoms with E-state index < -0.39 is 29.8 Å². The topological polar surface area (TPSA) is 149 Å². The van der Waals surface area contributed by atoms with Crippen LogP contribution in [0.3, 0.4) is 0 Å². The summed E-state index contributed by atoms with van der Waals surface area (Å²) in [5, 5.41) is 33.1. The van der Waals surface area contributed by atoms with Gasteiger partial charge in [-0.1, -0.05) is 58.8 Å². The van der Waals surface area contributed by atoms with Gasteiger partial charge in [0.1, 0.15) is 0 Å². The molecule has 0 saturated heterocycles. The van der Waals surface area contributed by atoms with Crippen LogP contribution in [-0.4, -0.2) is 44.3 Å². The van der Waals surface area contributed by atoms with Crippen molar-refractivity contribution < 1.29 is 39.6 Å². The lowest BCUT2D eigenvalue weighted by atomic mass is 9.89. The molecule has 4 N–H and O–H groups in total. The number of aliphatic carboxylic acids is 4. The molecule has 8 nitrogen and oxygen atoms in total. The van der Waals surface area contributed by atoms with Gasteiger partial charge in [-0.2, -0.15) is 0 Å². The van der Waals surface area contributed by atoms with E-state index >= 15 is 0 Å². The summed E-state index contributed by atoms with van der Waals surface area (Å²) in [6, 6.07) is 0. The molecule has 0 fully saturated rings. The third kappa shape index (κ3) is 34.8. The molecule has 0 spiro atoms. The predicted octanol–water partition coefficient (Wildman–Crippen LogP) is 5.48. The molecule has 0 aliphatic heterocycles. The Morgan fingerprint density at radius 1 is 0.906 bits per heavy atom. The van der Waals surface area contributed by atoms with Gasteiger partial charge in [0.05, 0.1) is 25.2 Å². The number of allylic oxidation sites excluding steroid dienone is 2. The summed E-state index contributed by atoms with van der Waals surface area (Å²) < 4.78 is 0. The van der Waals surface area contributed by atoms with Gasteiger partial charge < -0.3 is 20.4 Å². The fourth-order valence-electron chi connectivity index (χ4n) is 2.45. The van der Waals surface area contributed by atoms with Gasteiger partial charge in [-0.15, -0.1) is 6.58 Å². The van der Waals surface area contributed by atoms with Crippen molar-refractivity contribution in [1.82, 2.24) is 0 Å². The van der Waals surface area contributed by atoms with Crippen molar-refractivity contribution in [3.05, 3.63) is 24.3 Å². The van der Waals surface area contributed by atoms with Gasteiger partial charge in [-0.25, -0.2) is 0 Å². The Morgan fingerprint density at radius 2 is 1.38 bits per heavy atom. The normalized spacial score (nSPS) is 11.6. The largest absolute Gasteiger partial charge is 0.481 e. The molecular weight excluding hydrogens is 416 g/mol. The third-order valence-corrected chi connectivity index (χ3v) is 3.62. The predicted molar refractivity (Wildman–Crippen MR) is 125 cm³/mol. The first-order valence-corrected chi connectivity index (χ1v) is 10.7. The van der Waals surface area contributed by atoms with E-state index in [4.69, 9.17) is 20.4 Å². The molecule has 0 aromatic carbocycles. The summed E-state index contributed by atoms with van der Waals surface area (Å²) in [6.45, 7) is 16.9. The van der Waals surface area contributed by atoms with E-state index in [1.807, 2.05) is 0 Å². The summed E-state index contributed by atoms with van der Waals surface area (Å²) in [7, 11) is 0. The Bertz CT molecular complexity index is 598. The Labute approximate surface area is 192 Å². The van der Waals surface area contributed by atoms with Crippen molar-refractivity contribution >= 4 is 23.9 Å². The lowest BCUT2D eigenvalue weighted by molar-refractivity contribution is -0.146. The molecule has 186 valence electrons. The van der Waals surface area contributed by atoms with Crippen LogP contribution in [0.25, 0.3) is 0 Å². The van der Waals surface area contributed by atoms with Crippen LogP contribution in [0, 0.1) is 17.3 Å². The quantitative estimate of drug-likeness (QED) is 0.222. The third-order valence-electron chi connectivity index (χ3n) is 3.62. The van der Waals surface area contributed by atoms with Crippen molar-refractivity contribution in [2.45, 2.75) is 86.5 Å². The minimum absolute atomic E-state index is 0.296. The van der Waals surface area contributed by atoms with E-state index in [0.29, 0.717) is 11.3 Å². The average molecular weight is 459 g/mol. The van der Waals surface area contributed by atoms with Gasteiger partial charge in [-0.3, -0.25) is 19.2 Å². The molecule has 0 amide bonds. The maximum Gasteiger partial charge on any atom is 0.310 e. The molecule has 8 heteroatoms. The van der Waals surface area contributed by atoms with E-state index in [1.165, 1.54) is 11.6 Å². The molecule has 0 heterocycles. The van der Waals surface area contributed by atoms with Crippen molar-refractivity contribution in [2.75, 3.05) is 0 Å². The molecule has 0 aliphatic carbocycles. The summed E-state index contributed by atoms with van der Waals surface area (Å²) in [6.07, 6.45) is 6.35. The number of rotatable bonds is 12. The number of unbranched alkanes of at least 4 members (excludes halogenated alkanes) is 1. The first-order valence-electron chi connectivity index (χ1n) is 10.7. The summed E-state index contributed by atoms with van der Waals surface area (Å²) in [5.41, 5.74) is 1.70. The summed E-state index contributed by atoms with van der Waals surface area (Å²) in [4.78, 5) is 40.4. The zero-order chi connectivity index (χ0) is 25.9. The van der Waals surface area contributed by atoms with E-state index in [1.54, 1.807) is 6.08 Å². The SMILES string of the molecule is C=C(C)CC(C)(C)C.CC(C)CCCC=CC(CC(=O)O)C(=O)O.O=C(O)CCC(=O)O. The minimum Gasteiger partial charge on any atom is -0.481 e. The number of hydrogen-bond acceptors (Lipinski definition) is 4. The van der Waals surface area contributed by atoms with Gasteiger partial charge in [0.15, 0.2) is 0 Å². The minimum atomic E-state index is -1.08. The lowest BCUT2D eigenvalue weighted by Gasteiger charge is -2.17. The second kappa shape index (κ2) is 19.1. The number of carbonyl (C=O) groups is 4. The number of carboxylic acids is 4. The van der Waals surface area contributed by atoms with Crippen LogP contribution < -0.4 is 0 Å². The standard InChI is InChI=1S/C12H20O4.C8H16.C4H6O4/c1-9(2)6-4-3-5-7-10(12(15)16)8-11(13)14;1-7(2)6-8(3,4)5;5-3(6)1-2-4(7)8/h5,7,9-10H,3-4,6,8H2,1-2H3,(H,13,14)(H,15,16);1,6H2,2-5H3;1-2H2,(H,5,6)(H,7,8). The van der Waals surface area contributed by atoms with Crippen LogP contribution in [0.4, 0.5) is 0 Å². The molecule has 0 radical (unpaired) electrons. The number of carboxylic acid groups (broad SMARTS) is 4. The van der Waals surface area contributed by atoms with Crippen LogP contribution in [0.2, 0.25) is 0 Å². The highest BCUT2D eigenvalue weighted by atomic mass is 16.4. The van der Waals surface area contributed by atoms with Gasteiger partial charge in [0.2, 0.25) is 0 Å². The van der Waals surface area contributed by atoms with E-state index in [2.05, 4.69) is 48.1 Å². The van der Waals surface area contributed by atoms with Crippen LogP contribution in [0.1, 0.15) is 86.5 Å². The highest BCUT2D eigenvalue weighted by molar-refractivity contribution is 5.79. The van der Waals surface area contributed by atoms with Crippen molar-refractivity contribution in [2.24, 2.45) is 17.3 Å². The van der Waals surface area contributed by atoms with Crippen molar-refractivity contribution in [3.8, 4) is 0 Å². The molecule has 0 rings (SSSR count). The molecule has 0 bridgehead atoms. The van der Waals surface area contributed by atoms with E-state index in [-0.39, 0.29) is 19.3 Å². The van der Waals surface area contributed by atoms with Crippen molar-refractivity contribution in [3.63, 3.8) is 0 Å². The fraction of sp³-hybridized carbons (Fsp3) is 0.667. The van der Waals surface area contributed by atoms with Gasteiger partial charge in [-0.05, 0) is 37.5 Å². The average Bonchev–Trinajstić information content (AvgIpc) is 2.56. The van der Waals surface area contributed by atoms with Crippen molar-refractivity contribution in [1.29, 1.82) is 0 Å². The molecule has 1 unspecified atom stereocenters. The molecular formula is C24H42O8. The Morgan fingerprint density at radius 3 is 1.62 bits per heavy atom. The molecule has 1 atom stereocenters. The highest BCUT2D eigenvalue weighted by Gasteiger charge is 2.17. The summed E-state index contributed by atoms with van der Waals surface area (Å²) in [5.74, 6) is -4.58. The van der Waals surface area contributed by atoms with E-state index in [0.717, 1.165) is 25.7 Å². The summed E-state index contributed by atoms with van der Waals surface area (Å²) >= 11 is 0. The maximum absolute atomic E-state index is 10.7. The first-order chi connectivity index (χ1) is 14.5. The Hall–Kier alpha value is -2.64. The Balaban J connectivity index is -0.000000441. The maximum atomic E-state index is 10.7. The van der Waals surface area contributed by atoms with Gasteiger partial charge >= 0.3 is 23.9 Å². The van der Waals surface area contributed by atoms with Crippen LogP contribution in [0.15, 0.2) is 24.3 Å². The lowest BCUT2D eigenvalue weighted by Crippen LogP contribution is -2.15. The van der Waals surface area contributed by atoms with E-state index in [9.17, 15) is 19.2 Å². The highest BCUT2D eigenvalue weighted by Crippen LogP contribution is 2.22. The molecule has 32 heavy (non-hydrogen) atoms. The van der Waals surface area contributed by atoms with Gasteiger partial charge in [0.25, 0.3) is 0 Å². The van der Waals surface area contributed by atoms with Crippen LogP contribution in [0.5, 0.6) is 0 Å². The molecule has 0 aliphatic rings. The zero-order valence-corrected chi connectivity index (χ0v) is 20.4. The zero-order valence-electron chi connectivity index (χ0n) is 20.4.